The fourth-order valence-electron chi connectivity index (χ4n) is 6.89. The molecule has 0 heterocycles. The van der Waals surface area contributed by atoms with Crippen molar-refractivity contribution < 1.29 is 32.5 Å². The summed E-state index contributed by atoms with van der Waals surface area (Å²) >= 11 is 0. The Hall–Kier alpha value is -3.58. The molecule has 0 aliphatic rings. The van der Waals surface area contributed by atoms with Crippen LogP contribution in [0.1, 0.15) is 0 Å². The molecule has 6 heteroatoms. The zero-order chi connectivity index (χ0) is 38.0. The molecule has 0 unspecified atom stereocenters. The van der Waals surface area contributed by atoms with Crippen molar-refractivity contribution >= 4 is 74.1 Å². The monoisotopic (exact) mass is 1020 g/mol. The second kappa shape index (κ2) is 25.1. The van der Waals surface area contributed by atoms with Crippen molar-refractivity contribution in [3.05, 3.63) is 243 Å². The van der Waals surface area contributed by atoms with Crippen LogP contribution in [-0.4, -0.2) is 24.6 Å². The Balaban J connectivity index is 0.000000214. The minimum atomic E-state index is -0.348. The van der Waals surface area contributed by atoms with Gasteiger partial charge in [-0.25, -0.2) is 0 Å². The predicted molar refractivity (Wildman–Crippen MR) is 256 cm³/mol. The van der Waals surface area contributed by atoms with E-state index in [9.17, 15) is 0 Å². The quantitative estimate of drug-likeness (QED) is 0.0992. The Kier molecular flexibility index (Phi) is 19.7. The molecule has 0 saturated heterocycles. The second-order valence-corrected chi connectivity index (χ2v) is 22.6. The molecule has 58 heavy (non-hydrogen) atoms. The standard InChI is InChI=1S/2C26H24P2.ClH.Ir/c2*1-5-13-23(14-6-1)27(24-15-7-2-8-16-24)21-22-28(25-17-9-3-10-18-25)26-19-11-4-12-20-26;;/h2*1-20H,21-22H2;1H;/p-1. The fourth-order valence-corrected chi connectivity index (χ4v) is 17.6. The van der Waals surface area contributed by atoms with Crippen LogP contribution in [0.5, 0.6) is 0 Å². The molecule has 0 aromatic heterocycles. The summed E-state index contributed by atoms with van der Waals surface area (Å²) in [4.78, 5) is 0. The summed E-state index contributed by atoms with van der Waals surface area (Å²) in [5, 5.41) is 11.8. The van der Waals surface area contributed by atoms with Crippen LogP contribution in [0.3, 0.4) is 0 Å². The van der Waals surface area contributed by atoms with Crippen molar-refractivity contribution in [2.75, 3.05) is 24.6 Å². The largest absolute Gasteiger partial charge is 1.00 e. The summed E-state index contributed by atoms with van der Waals surface area (Å²) < 4.78 is 0. The number of hydrogen-bond acceptors (Lipinski definition) is 0. The molecular weight excluding hydrogens is 976 g/mol. The number of hydrogen-bond donors (Lipinski definition) is 0. The third-order valence-electron chi connectivity index (χ3n) is 9.64. The smallest absolute Gasteiger partial charge is 0 e. The summed E-state index contributed by atoms with van der Waals surface area (Å²) in [6, 6.07) is 88.4. The molecular formula is C52H48ClIrP4-. The SMILES string of the molecule is [Cl-].[Ir].c1ccc(P(CCP(c2ccccc2)c2ccccc2)c2ccccc2)cc1.c1ccc(P(CCP(c2ccccc2)c2ccccc2)c2ccccc2)cc1. The van der Waals surface area contributed by atoms with E-state index in [0.29, 0.717) is 0 Å². The molecule has 8 aromatic rings. The Bertz CT molecular complexity index is 1760. The molecule has 0 nitrogen and oxygen atoms in total. The molecule has 8 rings (SSSR count). The summed E-state index contributed by atoms with van der Waals surface area (Å²) in [5.41, 5.74) is 0. The molecule has 0 fully saturated rings. The minimum absolute atomic E-state index is 0. The van der Waals surface area contributed by atoms with E-state index in [-0.39, 0.29) is 64.2 Å². The third kappa shape index (κ3) is 13.2. The van der Waals surface area contributed by atoms with Crippen LogP contribution in [-0.2, 0) is 20.1 Å². The van der Waals surface area contributed by atoms with Crippen molar-refractivity contribution in [1.29, 1.82) is 0 Å². The summed E-state index contributed by atoms with van der Waals surface area (Å²) in [5.74, 6) is 0. The van der Waals surface area contributed by atoms with Crippen molar-refractivity contribution in [3.8, 4) is 0 Å². The van der Waals surface area contributed by atoms with E-state index in [1.807, 2.05) is 0 Å². The van der Waals surface area contributed by atoms with E-state index in [1.54, 1.807) is 0 Å². The maximum absolute atomic E-state index is 2.30. The van der Waals surface area contributed by atoms with E-state index in [4.69, 9.17) is 0 Å². The number of halogens is 1. The van der Waals surface area contributed by atoms with Gasteiger partial charge < -0.3 is 12.4 Å². The molecule has 293 valence electrons. The first-order chi connectivity index (χ1) is 27.8. The Morgan fingerprint density at radius 1 is 0.190 bits per heavy atom. The summed E-state index contributed by atoms with van der Waals surface area (Å²) in [6.45, 7) is 0. The molecule has 0 N–H and O–H groups in total. The number of benzene rings is 8. The Morgan fingerprint density at radius 3 is 0.397 bits per heavy atom. The molecule has 0 saturated carbocycles. The molecule has 0 aliphatic carbocycles. The van der Waals surface area contributed by atoms with Crippen molar-refractivity contribution in [1.82, 2.24) is 0 Å². The molecule has 0 bridgehead atoms. The first kappa shape index (κ1) is 45.5. The van der Waals surface area contributed by atoms with Gasteiger partial charge in [0, 0.05) is 20.1 Å². The van der Waals surface area contributed by atoms with Crippen LogP contribution in [0.25, 0.3) is 0 Å². The van der Waals surface area contributed by atoms with Gasteiger partial charge in [-0.3, -0.25) is 0 Å². The zero-order valence-corrected chi connectivity index (χ0v) is 39.2. The van der Waals surface area contributed by atoms with Crippen LogP contribution in [0.4, 0.5) is 0 Å². The van der Waals surface area contributed by atoms with Crippen LogP contribution >= 0.6 is 31.7 Å². The van der Waals surface area contributed by atoms with Crippen LogP contribution < -0.4 is 54.8 Å². The van der Waals surface area contributed by atoms with E-state index in [0.717, 1.165) is 0 Å². The summed E-state index contributed by atoms with van der Waals surface area (Å²) in [6.07, 6.45) is 4.83. The van der Waals surface area contributed by atoms with Crippen molar-refractivity contribution in [3.63, 3.8) is 0 Å². The van der Waals surface area contributed by atoms with Gasteiger partial charge in [0.1, 0.15) is 0 Å². The van der Waals surface area contributed by atoms with Gasteiger partial charge in [-0.05, 0) is 98.8 Å². The fraction of sp³-hybridized carbons (Fsp3) is 0.0769. The first-order valence-electron chi connectivity index (χ1n) is 19.3. The average Bonchev–Trinajstić information content (AvgIpc) is 3.29. The zero-order valence-electron chi connectivity index (χ0n) is 32.4. The normalized spacial score (nSPS) is 10.7. The predicted octanol–water partition coefficient (Wildman–Crippen LogP) is 7.51. The van der Waals surface area contributed by atoms with Gasteiger partial charge >= 0.3 is 0 Å². The van der Waals surface area contributed by atoms with E-state index in [1.165, 1.54) is 67.1 Å². The maximum Gasteiger partial charge on any atom is 0 e. The van der Waals surface area contributed by atoms with Gasteiger partial charge in [0.15, 0.2) is 0 Å². The van der Waals surface area contributed by atoms with Crippen molar-refractivity contribution in [2.24, 2.45) is 0 Å². The Labute approximate surface area is 371 Å². The number of rotatable bonds is 14. The average molecular weight is 1020 g/mol. The van der Waals surface area contributed by atoms with E-state index in [2.05, 4.69) is 243 Å². The van der Waals surface area contributed by atoms with E-state index < -0.39 is 0 Å². The second-order valence-electron chi connectivity index (χ2n) is 13.3. The Morgan fingerprint density at radius 2 is 0.293 bits per heavy atom. The molecule has 1 radical (unpaired) electrons. The maximum atomic E-state index is 2.30. The van der Waals surface area contributed by atoms with Crippen molar-refractivity contribution in [2.45, 2.75) is 0 Å². The first-order valence-corrected chi connectivity index (χ1v) is 25.4. The van der Waals surface area contributed by atoms with E-state index >= 15 is 0 Å². The van der Waals surface area contributed by atoms with Gasteiger partial charge in [0.05, 0.1) is 0 Å². The minimum Gasteiger partial charge on any atom is -1.00 e. The molecule has 8 aromatic carbocycles. The molecule has 0 aliphatic heterocycles. The molecule has 0 amide bonds. The molecule has 0 atom stereocenters. The van der Waals surface area contributed by atoms with Crippen LogP contribution in [0.15, 0.2) is 243 Å². The summed E-state index contributed by atoms with van der Waals surface area (Å²) in [7, 11) is -1.39. The van der Waals surface area contributed by atoms with Crippen LogP contribution in [0, 0.1) is 0 Å². The van der Waals surface area contributed by atoms with Crippen LogP contribution in [0.2, 0.25) is 0 Å². The van der Waals surface area contributed by atoms with Gasteiger partial charge in [-0.2, -0.15) is 0 Å². The molecule has 0 spiro atoms. The van der Waals surface area contributed by atoms with Gasteiger partial charge in [-0.15, -0.1) is 0 Å². The van der Waals surface area contributed by atoms with Gasteiger partial charge in [0.2, 0.25) is 0 Å². The van der Waals surface area contributed by atoms with Gasteiger partial charge in [0.25, 0.3) is 0 Å². The van der Waals surface area contributed by atoms with Gasteiger partial charge in [-0.1, -0.05) is 243 Å². The third-order valence-corrected chi connectivity index (χ3v) is 20.4. The topological polar surface area (TPSA) is 0 Å².